The molecule has 1 aromatic carbocycles. The Labute approximate surface area is 164 Å². The Bertz CT molecular complexity index is 896. The molecule has 0 fully saturated rings. The molecule has 0 radical (unpaired) electrons. The van der Waals surface area contributed by atoms with Gasteiger partial charge >= 0.3 is 0 Å². The summed E-state index contributed by atoms with van der Waals surface area (Å²) in [5.74, 6) is 0.897. The Morgan fingerprint density at radius 1 is 1.14 bits per heavy atom. The van der Waals surface area contributed by atoms with Gasteiger partial charge in [0.2, 0.25) is 5.91 Å². The first kappa shape index (κ1) is 18.2. The van der Waals surface area contributed by atoms with Gasteiger partial charge in [-0.15, -0.1) is 0 Å². The van der Waals surface area contributed by atoms with E-state index in [1.807, 2.05) is 52.1 Å². The first-order valence-corrected chi connectivity index (χ1v) is 9.64. The van der Waals surface area contributed by atoms with Crippen LogP contribution in [0.25, 0.3) is 0 Å². The first-order chi connectivity index (χ1) is 13.8. The minimum atomic E-state index is -0.148. The maximum atomic E-state index is 13.3. The van der Waals surface area contributed by atoms with E-state index >= 15 is 0 Å². The third kappa shape index (κ3) is 4.39. The smallest absolute Gasteiger partial charge is 0.229 e. The summed E-state index contributed by atoms with van der Waals surface area (Å²) >= 11 is 0. The van der Waals surface area contributed by atoms with Gasteiger partial charge in [-0.05, 0) is 42.2 Å². The predicted octanol–water partition coefficient (Wildman–Crippen LogP) is 2.95. The molecule has 6 heteroatoms. The van der Waals surface area contributed by atoms with E-state index < -0.39 is 0 Å². The minimum Gasteiger partial charge on any atom is -0.492 e. The third-order valence-electron chi connectivity index (χ3n) is 5.07. The number of amides is 1. The van der Waals surface area contributed by atoms with Crippen LogP contribution >= 0.6 is 0 Å². The Hall–Kier alpha value is -3.15. The Balaban J connectivity index is 1.44. The van der Waals surface area contributed by atoms with E-state index in [0.29, 0.717) is 19.7 Å². The van der Waals surface area contributed by atoms with Gasteiger partial charge in [-0.3, -0.25) is 9.78 Å². The number of fused-ring (bicyclic) bond motifs is 1. The van der Waals surface area contributed by atoms with Gasteiger partial charge in [0.05, 0.1) is 12.2 Å². The number of nitrogens with zero attached hydrogens (tertiary/aromatic N) is 4. The zero-order valence-corrected chi connectivity index (χ0v) is 15.8. The average Bonchev–Trinajstić information content (AvgIpc) is 3.26. The van der Waals surface area contributed by atoms with Crippen LogP contribution in [0, 0.1) is 5.92 Å². The summed E-state index contributed by atoms with van der Waals surface area (Å²) in [5.41, 5.74) is 2.19. The van der Waals surface area contributed by atoms with Crippen LogP contribution in [0.4, 0.5) is 0 Å². The highest BCUT2D eigenvalue weighted by molar-refractivity contribution is 5.79. The molecule has 1 aliphatic heterocycles. The summed E-state index contributed by atoms with van der Waals surface area (Å²) < 4.78 is 7.89. The van der Waals surface area contributed by atoms with E-state index in [1.165, 1.54) is 0 Å². The van der Waals surface area contributed by atoms with Gasteiger partial charge in [0.15, 0.2) is 0 Å². The van der Waals surface area contributed by atoms with Gasteiger partial charge in [0, 0.05) is 44.4 Å². The second-order valence-corrected chi connectivity index (χ2v) is 7.09. The molecule has 0 unspecified atom stereocenters. The van der Waals surface area contributed by atoms with Crippen LogP contribution in [-0.4, -0.2) is 38.5 Å². The zero-order valence-electron chi connectivity index (χ0n) is 15.8. The lowest BCUT2D eigenvalue weighted by molar-refractivity contribution is -0.137. The number of para-hydroxylation sites is 1. The predicted molar refractivity (Wildman–Crippen MR) is 106 cm³/mol. The zero-order chi connectivity index (χ0) is 19.2. The van der Waals surface area contributed by atoms with E-state index in [2.05, 4.69) is 9.97 Å². The lowest BCUT2D eigenvalue weighted by atomic mass is 9.95. The van der Waals surface area contributed by atoms with Crippen molar-refractivity contribution in [1.29, 1.82) is 0 Å². The van der Waals surface area contributed by atoms with Crippen molar-refractivity contribution in [3.63, 3.8) is 0 Å². The number of benzene rings is 1. The molecule has 144 valence electrons. The van der Waals surface area contributed by atoms with Crippen LogP contribution in [0.2, 0.25) is 0 Å². The Kier molecular flexibility index (Phi) is 5.66. The van der Waals surface area contributed by atoms with Crippen molar-refractivity contribution in [2.24, 2.45) is 5.92 Å². The quantitative estimate of drug-likeness (QED) is 0.636. The fourth-order valence-corrected chi connectivity index (χ4v) is 3.58. The molecule has 1 aliphatic rings. The van der Waals surface area contributed by atoms with Gasteiger partial charge in [-0.1, -0.05) is 18.2 Å². The maximum absolute atomic E-state index is 13.3. The number of imidazole rings is 1. The molecule has 1 amide bonds. The molecular weight excluding hydrogens is 352 g/mol. The molecule has 4 rings (SSSR count). The van der Waals surface area contributed by atoms with Crippen molar-refractivity contribution >= 4 is 5.91 Å². The number of hydrogen-bond donors (Lipinski definition) is 0. The van der Waals surface area contributed by atoms with Crippen molar-refractivity contribution in [3.05, 3.63) is 78.6 Å². The van der Waals surface area contributed by atoms with Gasteiger partial charge in [0.1, 0.15) is 12.4 Å². The molecule has 2 aromatic heterocycles. The number of aromatic nitrogens is 3. The lowest BCUT2D eigenvalue weighted by Crippen LogP contribution is -2.41. The van der Waals surface area contributed by atoms with E-state index in [1.54, 1.807) is 24.9 Å². The number of rotatable bonds is 7. The molecule has 3 aromatic rings. The number of ether oxygens (including phenoxy) is 1. The summed E-state index contributed by atoms with van der Waals surface area (Å²) in [5, 5.41) is 0. The lowest BCUT2D eigenvalue weighted by Gasteiger charge is -2.30. The molecule has 0 saturated carbocycles. The number of carbonyl (C=O) groups is 1. The Morgan fingerprint density at radius 3 is 2.82 bits per heavy atom. The Morgan fingerprint density at radius 2 is 2.00 bits per heavy atom. The monoisotopic (exact) mass is 376 g/mol. The number of aryl methyl sites for hydroxylation is 1. The first-order valence-electron chi connectivity index (χ1n) is 9.64. The molecule has 0 aliphatic carbocycles. The van der Waals surface area contributed by atoms with E-state index in [-0.39, 0.29) is 11.8 Å². The normalized spacial score (nSPS) is 15.5. The minimum absolute atomic E-state index is 0.148. The van der Waals surface area contributed by atoms with E-state index in [0.717, 1.165) is 36.3 Å². The molecule has 0 N–H and O–H groups in total. The second kappa shape index (κ2) is 8.69. The summed E-state index contributed by atoms with van der Waals surface area (Å²) in [6.07, 6.45) is 10.7. The standard InChI is InChI=1S/C22H24N4O2/c27-22(20-14-19-4-1-2-5-21(19)28-16-20)26(15-18-6-8-23-9-7-18)12-3-11-25-13-10-24-17-25/h1-2,4-10,13,17,20H,3,11-12,14-16H2/t20-/m1/s1. The summed E-state index contributed by atoms with van der Waals surface area (Å²) in [7, 11) is 0. The maximum Gasteiger partial charge on any atom is 0.229 e. The van der Waals surface area contributed by atoms with Crippen molar-refractivity contribution in [2.45, 2.75) is 25.9 Å². The molecule has 0 spiro atoms. The highest BCUT2D eigenvalue weighted by Gasteiger charge is 2.29. The third-order valence-corrected chi connectivity index (χ3v) is 5.07. The highest BCUT2D eigenvalue weighted by Crippen LogP contribution is 2.28. The largest absolute Gasteiger partial charge is 0.492 e. The van der Waals surface area contributed by atoms with Gasteiger partial charge in [-0.25, -0.2) is 4.98 Å². The van der Waals surface area contributed by atoms with Crippen LogP contribution in [0.1, 0.15) is 17.5 Å². The molecule has 3 heterocycles. The van der Waals surface area contributed by atoms with E-state index in [9.17, 15) is 4.79 Å². The van der Waals surface area contributed by atoms with Crippen LogP contribution in [0.15, 0.2) is 67.5 Å². The van der Waals surface area contributed by atoms with Crippen molar-refractivity contribution in [2.75, 3.05) is 13.2 Å². The van der Waals surface area contributed by atoms with Crippen LogP contribution in [-0.2, 0) is 24.3 Å². The second-order valence-electron chi connectivity index (χ2n) is 7.09. The molecule has 0 bridgehead atoms. The van der Waals surface area contributed by atoms with E-state index in [4.69, 9.17) is 4.74 Å². The van der Waals surface area contributed by atoms with Gasteiger partial charge in [-0.2, -0.15) is 0 Å². The summed E-state index contributed by atoms with van der Waals surface area (Å²) in [6, 6.07) is 11.9. The SMILES string of the molecule is O=C([C@H]1COc2ccccc2C1)N(CCCn1ccnc1)Cc1ccncc1. The highest BCUT2D eigenvalue weighted by atomic mass is 16.5. The summed E-state index contributed by atoms with van der Waals surface area (Å²) in [6.45, 7) is 2.55. The molecular formula is C22H24N4O2. The van der Waals surface area contributed by atoms with Gasteiger partial charge < -0.3 is 14.2 Å². The number of carbonyl (C=O) groups excluding carboxylic acids is 1. The molecule has 0 saturated heterocycles. The fourth-order valence-electron chi connectivity index (χ4n) is 3.58. The average molecular weight is 376 g/mol. The topological polar surface area (TPSA) is 60.2 Å². The molecule has 6 nitrogen and oxygen atoms in total. The van der Waals surface area contributed by atoms with Crippen molar-refractivity contribution < 1.29 is 9.53 Å². The molecule has 1 atom stereocenters. The number of pyridine rings is 1. The number of hydrogen-bond acceptors (Lipinski definition) is 4. The van der Waals surface area contributed by atoms with Crippen molar-refractivity contribution in [3.8, 4) is 5.75 Å². The fraction of sp³-hybridized carbons (Fsp3) is 0.318. The summed E-state index contributed by atoms with van der Waals surface area (Å²) in [4.78, 5) is 23.4. The molecule has 28 heavy (non-hydrogen) atoms. The van der Waals surface area contributed by atoms with Crippen LogP contribution in [0.3, 0.4) is 0 Å². The van der Waals surface area contributed by atoms with Crippen LogP contribution in [0.5, 0.6) is 5.75 Å². The van der Waals surface area contributed by atoms with Crippen molar-refractivity contribution in [1.82, 2.24) is 19.4 Å². The van der Waals surface area contributed by atoms with Gasteiger partial charge in [0.25, 0.3) is 0 Å². The van der Waals surface area contributed by atoms with Crippen LogP contribution < -0.4 is 4.74 Å².